The quantitative estimate of drug-likeness (QED) is 0.840. The van der Waals surface area contributed by atoms with Gasteiger partial charge in [0.15, 0.2) is 0 Å². The third kappa shape index (κ3) is 2.59. The minimum Gasteiger partial charge on any atom is -0.464 e. The van der Waals surface area contributed by atoms with Crippen molar-refractivity contribution in [2.45, 2.75) is 19.9 Å². The Morgan fingerprint density at radius 2 is 2.17 bits per heavy atom. The van der Waals surface area contributed by atoms with Crippen LogP contribution in [-0.2, 0) is 9.53 Å². The summed E-state index contributed by atoms with van der Waals surface area (Å²) in [5.41, 5.74) is 1.79. The summed E-state index contributed by atoms with van der Waals surface area (Å²) in [6.45, 7) is 3.97. The average Bonchev–Trinajstić information content (AvgIpc) is 2.39. The first-order valence-electron chi connectivity index (χ1n) is 5.99. The van der Waals surface area contributed by atoms with Crippen LogP contribution in [0.5, 0.6) is 0 Å². The molecule has 0 aliphatic carbocycles. The number of para-hydroxylation sites is 1. The lowest BCUT2D eigenvalue weighted by Crippen LogP contribution is -2.28. The number of rotatable bonds is 4. The topological polar surface area (TPSA) is 51.2 Å². The van der Waals surface area contributed by atoms with Gasteiger partial charge in [-0.05, 0) is 26.0 Å². The van der Waals surface area contributed by atoms with Gasteiger partial charge in [-0.2, -0.15) is 0 Å². The molecule has 1 heterocycles. The number of hydrogen-bond donors (Lipinski definition) is 1. The van der Waals surface area contributed by atoms with Crippen LogP contribution in [0.15, 0.2) is 36.5 Å². The van der Waals surface area contributed by atoms with Gasteiger partial charge in [-0.1, -0.05) is 18.2 Å². The summed E-state index contributed by atoms with van der Waals surface area (Å²) in [6.07, 6.45) is 1.72. The Labute approximate surface area is 106 Å². The van der Waals surface area contributed by atoms with Crippen molar-refractivity contribution in [1.29, 1.82) is 0 Å². The molecular weight excluding hydrogens is 228 g/mol. The Morgan fingerprint density at radius 3 is 2.94 bits per heavy atom. The second kappa shape index (κ2) is 5.49. The van der Waals surface area contributed by atoms with E-state index in [2.05, 4.69) is 10.3 Å². The van der Waals surface area contributed by atoms with Gasteiger partial charge >= 0.3 is 5.97 Å². The lowest BCUT2D eigenvalue weighted by Gasteiger charge is -2.15. The molecule has 1 atom stereocenters. The minimum absolute atomic E-state index is 0.251. The van der Waals surface area contributed by atoms with E-state index in [4.69, 9.17) is 4.74 Å². The predicted molar refractivity (Wildman–Crippen MR) is 71.5 cm³/mol. The predicted octanol–water partition coefficient (Wildman–Crippen LogP) is 2.60. The van der Waals surface area contributed by atoms with Gasteiger partial charge < -0.3 is 10.1 Å². The number of anilines is 1. The van der Waals surface area contributed by atoms with Crippen LogP contribution in [0.4, 0.5) is 5.69 Å². The number of carbonyl (C=O) groups is 1. The zero-order valence-corrected chi connectivity index (χ0v) is 10.5. The first-order valence-corrected chi connectivity index (χ1v) is 5.99. The maximum Gasteiger partial charge on any atom is 0.328 e. The van der Waals surface area contributed by atoms with Crippen LogP contribution in [0.1, 0.15) is 13.8 Å². The number of nitrogens with one attached hydrogen (secondary N) is 1. The second-order valence-corrected chi connectivity index (χ2v) is 3.99. The molecule has 0 bridgehead atoms. The summed E-state index contributed by atoms with van der Waals surface area (Å²) >= 11 is 0. The van der Waals surface area contributed by atoms with Crippen molar-refractivity contribution in [3.63, 3.8) is 0 Å². The molecule has 4 nitrogen and oxygen atoms in total. The number of nitrogens with zero attached hydrogens (tertiary/aromatic N) is 1. The molecule has 0 radical (unpaired) electrons. The standard InChI is InChI=1S/C14H16N2O2/c1-3-18-14(17)10(2)16-13-8-9-15-12-7-5-4-6-11(12)13/h4-10H,3H2,1-2H3,(H,15,16)/t10-/m0/s1. The van der Waals surface area contributed by atoms with Crippen molar-refractivity contribution in [3.8, 4) is 0 Å². The van der Waals surface area contributed by atoms with Crippen LogP contribution in [0.3, 0.4) is 0 Å². The normalized spacial score (nSPS) is 12.1. The Hall–Kier alpha value is -2.10. The number of fused-ring (bicyclic) bond motifs is 1. The van der Waals surface area contributed by atoms with Crippen molar-refractivity contribution < 1.29 is 9.53 Å². The second-order valence-electron chi connectivity index (χ2n) is 3.99. The Balaban J connectivity index is 2.24. The Kier molecular flexibility index (Phi) is 3.77. The molecule has 0 spiro atoms. The zero-order valence-electron chi connectivity index (χ0n) is 10.5. The van der Waals surface area contributed by atoms with E-state index in [-0.39, 0.29) is 12.0 Å². The molecule has 0 aliphatic rings. The van der Waals surface area contributed by atoms with Crippen molar-refractivity contribution in [1.82, 2.24) is 4.98 Å². The molecule has 2 rings (SSSR count). The number of ether oxygens (including phenoxy) is 1. The van der Waals surface area contributed by atoms with Crippen molar-refractivity contribution in [3.05, 3.63) is 36.5 Å². The van der Waals surface area contributed by atoms with Crippen molar-refractivity contribution in [2.24, 2.45) is 0 Å². The first kappa shape index (κ1) is 12.4. The van der Waals surface area contributed by atoms with E-state index < -0.39 is 0 Å². The SMILES string of the molecule is CCOC(=O)[C@H](C)Nc1ccnc2ccccc12. The number of pyridine rings is 1. The molecule has 18 heavy (non-hydrogen) atoms. The molecule has 0 fully saturated rings. The molecule has 94 valence electrons. The van der Waals surface area contributed by atoms with Gasteiger partial charge in [0, 0.05) is 17.3 Å². The molecule has 0 saturated carbocycles. The van der Waals surface area contributed by atoms with E-state index in [0.29, 0.717) is 6.61 Å². The lowest BCUT2D eigenvalue weighted by atomic mass is 10.1. The monoisotopic (exact) mass is 244 g/mol. The summed E-state index contributed by atoms with van der Waals surface area (Å²) in [5, 5.41) is 4.15. The van der Waals surface area contributed by atoms with Crippen molar-refractivity contribution in [2.75, 3.05) is 11.9 Å². The molecule has 0 amide bonds. The van der Waals surface area contributed by atoms with Crippen LogP contribution in [0.25, 0.3) is 10.9 Å². The highest BCUT2D eigenvalue weighted by atomic mass is 16.5. The van der Waals surface area contributed by atoms with E-state index >= 15 is 0 Å². The maximum atomic E-state index is 11.6. The van der Waals surface area contributed by atoms with Crippen LogP contribution in [0.2, 0.25) is 0 Å². The number of aromatic nitrogens is 1. The Morgan fingerprint density at radius 1 is 1.39 bits per heavy atom. The summed E-state index contributed by atoms with van der Waals surface area (Å²) in [7, 11) is 0. The molecule has 0 aliphatic heterocycles. The number of carbonyl (C=O) groups excluding carboxylic acids is 1. The average molecular weight is 244 g/mol. The summed E-state index contributed by atoms with van der Waals surface area (Å²) < 4.78 is 4.97. The van der Waals surface area contributed by atoms with Crippen molar-refractivity contribution >= 4 is 22.6 Å². The molecule has 0 saturated heterocycles. The summed E-state index contributed by atoms with van der Waals surface area (Å²) in [5.74, 6) is -0.251. The van der Waals surface area contributed by atoms with E-state index in [1.165, 1.54) is 0 Å². The Bertz CT molecular complexity index is 549. The molecular formula is C14H16N2O2. The number of esters is 1. The van der Waals surface area contributed by atoms with Gasteiger partial charge in [-0.15, -0.1) is 0 Å². The van der Waals surface area contributed by atoms with Gasteiger partial charge in [-0.3, -0.25) is 4.98 Å². The van der Waals surface area contributed by atoms with Crippen LogP contribution in [-0.4, -0.2) is 23.6 Å². The summed E-state index contributed by atoms with van der Waals surface area (Å²) in [6, 6.07) is 9.28. The lowest BCUT2D eigenvalue weighted by molar-refractivity contribution is -0.143. The zero-order chi connectivity index (χ0) is 13.0. The van der Waals surface area contributed by atoms with E-state index in [1.54, 1.807) is 20.0 Å². The first-order chi connectivity index (χ1) is 8.72. The highest BCUT2D eigenvalue weighted by Crippen LogP contribution is 2.21. The van der Waals surface area contributed by atoms with Gasteiger partial charge in [0.2, 0.25) is 0 Å². The highest BCUT2D eigenvalue weighted by Gasteiger charge is 2.14. The largest absolute Gasteiger partial charge is 0.464 e. The van der Waals surface area contributed by atoms with E-state index in [0.717, 1.165) is 16.6 Å². The smallest absolute Gasteiger partial charge is 0.328 e. The van der Waals surface area contributed by atoms with E-state index in [1.807, 2.05) is 30.3 Å². The molecule has 4 heteroatoms. The molecule has 1 N–H and O–H groups in total. The number of hydrogen-bond acceptors (Lipinski definition) is 4. The fourth-order valence-electron chi connectivity index (χ4n) is 1.78. The molecule has 1 aromatic carbocycles. The maximum absolute atomic E-state index is 11.6. The molecule has 0 unspecified atom stereocenters. The third-order valence-corrected chi connectivity index (χ3v) is 2.66. The highest BCUT2D eigenvalue weighted by molar-refractivity contribution is 5.92. The molecule has 2 aromatic rings. The fraction of sp³-hybridized carbons (Fsp3) is 0.286. The minimum atomic E-state index is -0.379. The van der Waals surface area contributed by atoms with E-state index in [9.17, 15) is 4.79 Å². The van der Waals surface area contributed by atoms with Gasteiger partial charge in [0.25, 0.3) is 0 Å². The fourth-order valence-corrected chi connectivity index (χ4v) is 1.78. The molecule has 1 aromatic heterocycles. The van der Waals surface area contributed by atoms with Crippen LogP contribution < -0.4 is 5.32 Å². The summed E-state index contributed by atoms with van der Waals surface area (Å²) in [4.78, 5) is 15.9. The third-order valence-electron chi connectivity index (χ3n) is 2.66. The van der Waals surface area contributed by atoms with Gasteiger partial charge in [0.1, 0.15) is 6.04 Å². The van der Waals surface area contributed by atoms with Gasteiger partial charge in [0.05, 0.1) is 12.1 Å². The number of benzene rings is 1. The van der Waals surface area contributed by atoms with Gasteiger partial charge in [-0.25, -0.2) is 4.79 Å². The van der Waals surface area contributed by atoms with Crippen LogP contribution >= 0.6 is 0 Å². The van der Waals surface area contributed by atoms with Crippen LogP contribution in [0, 0.1) is 0 Å².